The molecule has 106 valence electrons. The SMILES string of the molecule is CCCCc1ccc(C(O)C2C(C)(C)C2(C)C)cc1. The molecule has 0 radical (unpaired) electrons. The third kappa shape index (κ3) is 2.45. The molecule has 0 aliphatic heterocycles. The molecule has 1 nitrogen and oxygen atoms in total. The van der Waals surface area contributed by atoms with Crippen LogP contribution in [0.3, 0.4) is 0 Å². The van der Waals surface area contributed by atoms with E-state index in [1.54, 1.807) is 0 Å². The van der Waals surface area contributed by atoms with E-state index in [0.29, 0.717) is 5.92 Å². The van der Waals surface area contributed by atoms with Crippen LogP contribution in [-0.2, 0) is 6.42 Å². The minimum Gasteiger partial charge on any atom is -0.388 e. The van der Waals surface area contributed by atoms with E-state index < -0.39 is 0 Å². The van der Waals surface area contributed by atoms with Crippen LogP contribution in [0.1, 0.15) is 64.7 Å². The van der Waals surface area contributed by atoms with E-state index in [1.165, 1.54) is 18.4 Å². The van der Waals surface area contributed by atoms with E-state index in [1.807, 2.05) is 0 Å². The van der Waals surface area contributed by atoms with Crippen LogP contribution in [0.5, 0.6) is 0 Å². The molecule has 1 saturated carbocycles. The molecule has 1 aromatic rings. The van der Waals surface area contributed by atoms with Crippen molar-refractivity contribution < 1.29 is 5.11 Å². The molecule has 0 saturated heterocycles. The fourth-order valence-corrected chi connectivity index (χ4v) is 3.49. The molecular formula is C18H28O. The molecule has 2 rings (SSSR count). The minimum absolute atomic E-state index is 0.229. The summed E-state index contributed by atoms with van der Waals surface area (Å²) < 4.78 is 0. The molecule has 1 aromatic carbocycles. The van der Waals surface area contributed by atoms with Crippen molar-refractivity contribution in [2.45, 2.75) is 60.0 Å². The van der Waals surface area contributed by atoms with E-state index in [-0.39, 0.29) is 16.9 Å². The van der Waals surface area contributed by atoms with Gasteiger partial charge in [-0.2, -0.15) is 0 Å². The van der Waals surface area contributed by atoms with Crippen molar-refractivity contribution in [3.05, 3.63) is 35.4 Å². The Morgan fingerprint density at radius 2 is 1.58 bits per heavy atom. The number of unbranched alkanes of at least 4 members (excludes halogenated alkanes) is 1. The number of aliphatic hydroxyl groups is 1. The first kappa shape index (κ1) is 14.6. The molecule has 19 heavy (non-hydrogen) atoms. The van der Waals surface area contributed by atoms with Crippen LogP contribution >= 0.6 is 0 Å². The van der Waals surface area contributed by atoms with Gasteiger partial charge in [0.2, 0.25) is 0 Å². The van der Waals surface area contributed by atoms with Gasteiger partial charge in [0.25, 0.3) is 0 Å². The summed E-state index contributed by atoms with van der Waals surface area (Å²) in [5, 5.41) is 10.6. The van der Waals surface area contributed by atoms with Crippen molar-refractivity contribution in [1.29, 1.82) is 0 Å². The Labute approximate surface area is 118 Å². The van der Waals surface area contributed by atoms with Gasteiger partial charge in [0, 0.05) is 5.92 Å². The highest BCUT2D eigenvalue weighted by Gasteiger charge is 2.67. The Hall–Kier alpha value is -0.820. The fourth-order valence-electron chi connectivity index (χ4n) is 3.49. The van der Waals surface area contributed by atoms with Crippen molar-refractivity contribution >= 4 is 0 Å². The zero-order chi connectivity index (χ0) is 14.3. The number of benzene rings is 1. The Kier molecular flexibility index (Phi) is 3.79. The summed E-state index contributed by atoms with van der Waals surface area (Å²) >= 11 is 0. The topological polar surface area (TPSA) is 20.2 Å². The van der Waals surface area contributed by atoms with E-state index >= 15 is 0 Å². The molecule has 1 fully saturated rings. The first-order valence-corrected chi connectivity index (χ1v) is 7.59. The molecule has 1 aliphatic carbocycles. The van der Waals surface area contributed by atoms with Crippen molar-refractivity contribution in [2.75, 3.05) is 0 Å². The molecular weight excluding hydrogens is 232 g/mol. The second-order valence-corrected chi connectivity index (χ2v) is 7.21. The van der Waals surface area contributed by atoms with Gasteiger partial charge in [-0.1, -0.05) is 65.3 Å². The van der Waals surface area contributed by atoms with E-state index in [2.05, 4.69) is 58.9 Å². The molecule has 1 heteroatoms. The second-order valence-electron chi connectivity index (χ2n) is 7.21. The minimum atomic E-state index is -0.328. The maximum atomic E-state index is 10.6. The number of rotatable bonds is 5. The van der Waals surface area contributed by atoms with E-state index in [0.717, 1.165) is 12.0 Å². The van der Waals surface area contributed by atoms with Gasteiger partial charge in [0.1, 0.15) is 0 Å². The molecule has 0 aromatic heterocycles. The summed E-state index contributed by atoms with van der Waals surface area (Å²) in [5.74, 6) is 0.362. The Morgan fingerprint density at radius 3 is 2.00 bits per heavy atom. The van der Waals surface area contributed by atoms with Gasteiger partial charge < -0.3 is 5.11 Å². The largest absolute Gasteiger partial charge is 0.388 e. The maximum absolute atomic E-state index is 10.6. The van der Waals surface area contributed by atoms with Gasteiger partial charge >= 0.3 is 0 Å². The van der Waals surface area contributed by atoms with Crippen LogP contribution < -0.4 is 0 Å². The Morgan fingerprint density at radius 1 is 1.05 bits per heavy atom. The van der Waals surface area contributed by atoms with Gasteiger partial charge in [-0.05, 0) is 34.8 Å². The third-order valence-electron chi connectivity index (χ3n) is 5.59. The average molecular weight is 260 g/mol. The zero-order valence-electron chi connectivity index (χ0n) is 13.0. The predicted octanol–water partition coefficient (Wildman–Crippen LogP) is 4.74. The Balaban J connectivity index is 2.07. The van der Waals surface area contributed by atoms with Crippen LogP contribution in [0, 0.1) is 16.7 Å². The third-order valence-corrected chi connectivity index (χ3v) is 5.59. The van der Waals surface area contributed by atoms with Crippen LogP contribution in [0.15, 0.2) is 24.3 Å². The number of hydrogen-bond acceptors (Lipinski definition) is 1. The predicted molar refractivity (Wildman–Crippen MR) is 81.1 cm³/mol. The normalized spacial score (nSPS) is 22.2. The van der Waals surface area contributed by atoms with E-state index in [9.17, 15) is 5.11 Å². The quantitative estimate of drug-likeness (QED) is 0.810. The van der Waals surface area contributed by atoms with Gasteiger partial charge in [-0.25, -0.2) is 0 Å². The molecule has 0 spiro atoms. The van der Waals surface area contributed by atoms with Crippen LogP contribution in [0.4, 0.5) is 0 Å². The van der Waals surface area contributed by atoms with Crippen LogP contribution in [0.25, 0.3) is 0 Å². The molecule has 1 atom stereocenters. The fraction of sp³-hybridized carbons (Fsp3) is 0.667. The highest BCUT2D eigenvalue weighted by Crippen LogP contribution is 2.72. The highest BCUT2D eigenvalue weighted by molar-refractivity contribution is 5.28. The monoisotopic (exact) mass is 260 g/mol. The van der Waals surface area contributed by atoms with Gasteiger partial charge in [-0.15, -0.1) is 0 Å². The van der Waals surface area contributed by atoms with Gasteiger partial charge in [0.15, 0.2) is 0 Å². The summed E-state index contributed by atoms with van der Waals surface area (Å²) in [4.78, 5) is 0. The molecule has 1 aliphatic rings. The summed E-state index contributed by atoms with van der Waals surface area (Å²) in [6.07, 6.45) is 3.29. The summed E-state index contributed by atoms with van der Waals surface area (Å²) in [6, 6.07) is 8.58. The lowest BCUT2D eigenvalue weighted by molar-refractivity contribution is 0.130. The van der Waals surface area contributed by atoms with Crippen molar-refractivity contribution in [3.8, 4) is 0 Å². The van der Waals surface area contributed by atoms with Crippen molar-refractivity contribution in [3.63, 3.8) is 0 Å². The summed E-state index contributed by atoms with van der Waals surface area (Å²) in [5.41, 5.74) is 2.91. The number of aliphatic hydroxyl groups excluding tert-OH is 1. The lowest BCUT2D eigenvalue weighted by atomic mass is 9.97. The summed E-state index contributed by atoms with van der Waals surface area (Å²) in [7, 11) is 0. The lowest BCUT2D eigenvalue weighted by Crippen LogP contribution is -2.05. The Bertz CT molecular complexity index is 414. The van der Waals surface area contributed by atoms with Gasteiger partial charge in [-0.3, -0.25) is 0 Å². The molecule has 0 heterocycles. The van der Waals surface area contributed by atoms with Crippen LogP contribution in [-0.4, -0.2) is 5.11 Å². The maximum Gasteiger partial charge on any atom is 0.0828 e. The van der Waals surface area contributed by atoms with Crippen molar-refractivity contribution in [2.24, 2.45) is 16.7 Å². The van der Waals surface area contributed by atoms with Crippen molar-refractivity contribution in [1.82, 2.24) is 0 Å². The average Bonchev–Trinajstić information content (AvgIpc) is 2.77. The first-order valence-electron chi connectivity index (χ1n) is 7.59. The second kappa shape index (κ2) is 4.94. The molecule has 1 N–H and O–H groups in total. The van der Waals surface area contributed by atoms with E-state index in [4.69, 9.17) is 0 Å². The smallest absolute Gasteiger partial charge is 0.0828 e. The summed E-state index contributed by atoms with van der Waals surface area (Å²) in [6.45, 7) is 11.3. The zero-order valence-corrected chi connectivity index (χ0v) is 13.0. The number of hydrogen-bond donors (Lipinski definition) is 1. The lowest BCUT2D eigenvalue weighted by Gasteiger charge is -2.14. The standard InChI is InChI=1S/C18H28O/c1-6-7-8-13-9-11-14(12-10-13)15(19)16-17(2,3)18(16,4)5/h9-12,15-16,19H,6-8H2,1-5H3. The van der Waals surface area contributed by atoms with Gasteiger partial charge in [0.05, 0.1) is 6.10 Å². The molecule has 0 bridgehead atoms. The molecule has 1 unspecified atom stereocenters. The number of aryl methyl sites for hydroxylation is 1. The molecule has 0 amide bonds. The highest BCUT2D eigenvalue weighted by atomic mass is 16.3. The van der Waals surface area contributed by atoms with Crippen LogP contribution in [0.2, 0.25) is 0 Å². The first-order chi connectivity index (χ1) is 8.82.